The Hall–Kier alpha value is -3.50. The highest BCUT2D eigenvalue weighted by molar-refractivity contribution is 8.26. The van der Waals surface area contributed by atoms with Gasteiger partial charge in [-0.05, 0) is 30.2 Å². The summed E-state index contributed by atoms with van der Waals surface area (Å²) >= 11 is 6.34. The van der Waals surface area contributed by atoms with E-state index in [1.54, 1.807) is 12.3 Å². The number of carboxylic acids is 1. The van der Waals surface area contributed by atoms with Crippen LogP contribution in [0.4, 0.5) is 5.82 Å². The van der Waals surface area contributed by atoms with Crippen LogP contribution in [0.3, 0.4) is 0 Å². The van der Waals surface area contributed by atoms with Crippen molar-refractivity contribution in [2.75, 3.05) is 18.5 Å². The molecule has 1 fully saturated rings. The fourth-order valence-corrected chi connectivity index (χ4v) is 4.97. The number of thioether (sulfide) groups is 1. The summed E-state index contributed by atoms with van der Waals surface area (Å²) in [6.07, 6.45) is 2.94. The van der Waals surface area contributed by atoms with E-state index in [1.165, 1.54) is 15.4 Å². The number of amides is 1. The lowest BCUT2D eigenvalue weighted by Gasteiger charge is -2.21. The maximum atomic E-state index is 13.5. The highest BCUT2D eigenvalue weighted by Crippen LogP contribution is 2.33. The zero-order chi connectivity index (χ0) is 24.4. The molecular weight excluding hydrogens is 472 g/mol. The normalized spacial score (nSPS) is 14.9. The van der Waals surface area contributed by atoms with Gasteiger partial charge in [-0.25, -0.2) is 4.98 Å². The molecule has 34 heavy (non-hydrogen) atoms. The van der Waals surface area contributed by atoms with Crippen molar-refractivity contribution in [2.45, 2.75) is 19.9 Å². The summed E-state index contributed by atoms with van der Waals surface area (Å²) in [6, 6.07) is 13.5. The van der Waals surface area contributed by atoms with E-state index in [2.05, 4.69) is 0 Å². The van der Waals surface area contributed by atoms with Crippen LogP contribution in [0.5, 0.6) is 0 Å². The lowest BCUT2D eigenvalue weighted by molar-refractivity contribution is -0.137. The van der Waals surface area contributed by atoms with Crippen molar-refractivity contribution < 1.29 is 14.7 Å². The van der Waals surface area contributed by atoms with Crippen molar-refractivity contribution in [3.8, 4) is 0 Å². The summed E-state index contributed by atoms with van der Waals surface area (Å²) in [5.74, 6) is -0.990. The third kappa shape index (κ3) is 4.73. The van der Waals surface area contributed by atoms with Crippen molar-refractivity contribution in [3.05, 3.63) is 80.6 Å². The monoisotopic (exact) mass is 494 g/mol. The number of aliphatic carboxylic acids is 1. The first-order chi connectivity index (χ1) is 16.3. The number of nitrogens with zero attached hydrogens (tertiary/aromatic N) is 4. The minimum Gasteiger partial charge on any atom is -0.481 e. The predicted molar refractivity (Wildman–Crippen MR) is 137 cm³/mol. The summed E-state index contributed by atoms with van der Waals surface area (Å²) in [4.78, 5) is 45.6. The molecule has 0 aliphatic carbocycles. The van der Waals surface area contributed by atoms with E-state index in [1.807, 2.05) is 55.3 Å². The molecule has 174 valence electrons. The van der Waals surface area contributed by atoms with Gasteiger partial charge in [-0.2, -0.15) is 0 Å². The molecule has 1 aliphatic rings. The number of fused-ring (bicyclic) bond motifs is 1. The van der Waals surface area contributed by atoms with Crippen molar-refractivity contribution in [1.29, 1.82) is 0 Å². The van der Waals surface area contributed by atoms with Crippen LogP contribution in [0.1, 0.15) is 23.1 Å². The second-order valence-corrected chi connectivity index (χ2v) is 9.53. The Bertz CT molecular complexity index is 1380. The number of hydrogen-bond donors (Lipinski definition) is 1. The van der Waals surface area contributed by atoms with E-state index < -0.39 is 11.9 Å². The van der Waals surface area contributed by atoms with Gasteiger partial charge in [0.25, 0.3) is 11.5 Å². The molecule has 0 bridgehead atoms. The zero-order valence-electron chi connectivity index (χ0n) is 18.6. The first-order valence-electron chi connectivity index (χ1n) is 10.5. The van der Waals surface area contributed by atoms with E-state index in [0.717, 1.165) is 22.9 Å². The molecule has 8 nitrogen and oxygen atoms in total. The highest BCUT2D eigenvalue weighted by Gasteiger charge is 2.33. The van der Waals surface area contributed by atoms with Crippen molar-refractivity contribution in [3.63, 3.8) is 0 Å². The number of benzene rings is 1. The van der Waals surface area contributed by atoms with Crippen LogP contribution in [0.2, 0.25) is 0 Å². The molecule has 2 aromatic heterocycles. The summed E-state index contributed by atoms with van der Waals surface area (Å²) in [6.45, 7) is 2.37. The van der Waals surface area contributed by atoms with Crippen molar-refractivity contribution in [1.82, 2.24) is 14.3 Å². The molecule has 1 N–H and O–H groups in total. The minimum atomic E-state index is -1.02. The number of rotatable bonds is 7. The fourth-order valence-electron chi connectivity index (χ4n) is 3.68. The largest absolute Gasteiger partial charge is 0.481 e. The number of carboxylic acid groups (broad SMARTS) is 1. The molecule has 4 rings (SSSR count). The third-order valence-corrected chi connectivity index (χ3v) is 6.76. The van der Waals surface area contributed by atoms with Crippen LogP contribution in [0.15, 0.2) is 58.4 Å². The summed E-state index contributed by atoms with van der Waals surface area (Å²) in [7, 11) is 1.85. The molecule has 3 aromatic rings. The average molecular weight is 495 g/mol. The second-order valence-electron chi connectivity index (χ2n) is 7.86. The number of aromatic nitrogens is 2. The molecule has 1 saturated heterocycles. The number of hydrogen-bond acceptors (Lipinski definition) is 7. The minimum absolute atomic E-state index is 0.0216. The second kappa shape index (κ2) is 9.78. The van der Waals surface area contributed by atoms with Crippen LogP contribution in [0.25, 0.3) is 11.7 Å². The van der Waals surface area contributed by atoms with E-state index in [4.69, 9.17) is 22.3 Å². The van der Waals surface area contributed by atoms with E-state index in [9.17, 15) is 14.4 Å². The van der Waals surface area contributed by atoms with Gasteiger partial charge in [0.15, 0.2) is 0 Å². The number of aryl methyl sites for hydroxylation is 1. The van der Waals surface area contributed by atoms with Gasteiger partial charge in [-0.1, -0.05) is 60.4 Å². The van der Waals surface area contributed by atoms with Gasteiger partial charge in [0.1, 0.15) is 15.8 Å². The van der Waals surface area contributed by atoms with E-state index >= 15 is 0 Å². The molecule has 0 unspecified atom stereocenters. The van der Waals surface area contributed by atoms with Crippen LogP contribution >= 0.6 is 24.0 Å². The lowest BCUT2D eigenvalue weighted by Crippen LogP contribution is -2.30. The maximum absolute atomic E-state index is 13.5. The van der Waals surface area contributed by atoms with Crippen molar-refractivity contribution >= 4 is 57.7 Å². The van der Waals surface area contributed by atoms with Gasteiger partial charge in [-0.15, -0.1) is 0 Å². The molecule has 0 spiro atoms. The number of carbonyl (C=O) groups is 2. The van der Waals surface area contributed by atoms with Crippen molar-refractivity contribution in [2.24, 2.45) is 0 Å². The smallest absolute Gasteiger partial charge is 0.305 e. The molecule has 1 amide bonds. The SMILES string of the molecule is Cc1cccn2c(=O)c(/C=C3\SC(=S)N(CCC(=O)O)C3=O)c(N(C)Cc3ccccc3)nc12. The molecule has 0 radical (unpaired) electrons. The molecule has 0 atom stereocenters. The predicted octanol–water partition coefficient (Wildman–Crippen LogP) is 3.32. The summed E-state index contributed by atoms with van der Waals surface area (Å²) in [5, 5.41) is 8.96. The Labute approximate surface area is 205 Å². The van der Waals surface area contributed by atoms with Crippen LogP contribution in [-0.2, 0) is 16.1 Å². The molecule has 0 saturated carbocycles. The quantitative estimate of drug-likeness (QED) is 0.395. The average Bonchev–Trinajstić information content (AvgIpc) is 3.07. The van der Waals surface area contributed by atoms with Gasteiger partial charge >= 0.3 is 5.97 Å². The van der Waals surface area contributed by atoms with E-state index in [0.29, 0.717) is 18.0 Å². The topological polar surface area (TPSA) is 95.2 Å². The fraction of sp³-hybridized carbons (Fsp3) is 0.208. The zero-order valence-corrected chi connectivity index (χ0v) is 20.2. The Balaban J connectivity index is 1.81. The molecule has 1 aliphatic heterocycles. The summed E-state index contributed by atoms with van der Waals surface area (Å²) in [5.41, 5.74) is 2.39. The van der Waals surface area contributed by atoms with Gasteiger partial charge in [0, 0.05) is 26.3 Å². The number of thiocarbonyl (C=S) groups is 1. The van der Waals surface area contributed by atoms with Crippen LogP contribution in [-0.4, -0.2) is 49.2 Å². The number of pyridine rings is 1. The molecule has 3 heterocycles. The van der Waals surface area contributed by atoms with Crippen LogP contribution < -0.4 is 10.5 Å². The van der Waals surface area contributed by atoms with Gasteiger partial charge < -0.3 is 10.0 Å². The number of carbonyl (C=O) groups excluding carboxylic acids is 1. The van der Waals surface area contributed by atoms with Crippen LogP contribution in [0, 0.1) is 6.92 Å². The highest BCUT2D eigenvalue weighted by atomic mass is 32.2. The molecular formula is C24H22N4O4S2. The third-order valence-electron chi connectivity index (χ3n) is 5.39. The van der Waals surface area contributed by atoms with Gasteiger partial charge in [-0.3, -0.25) is 23.7 Å². The first kappa shape index (κ1) is 23.7. The summed E-state index contributed by atoms with van der Waals surface area (Å²) < 4.78 is 1.73. The maximum Gasteiger partial charge on any atom is 0.305 e. The Morgan fingerprint density at radius 2 is 1.94 bits per heavy atom. The lowest BCUT2D eigenvalue weighted by atomic mass is 10.2. The Morgan fingerprint density at radius 1 is 1.21 bits per heavy atom. The van der Waals surface area contributed by atoms with E-state index in [-0.39, 0.29) is 33.3 Å². The van der Waals surface area contributed by atoms with Gasteiger partial charge in [0.2, 0.25) is 0 Å². The molecule has 10 heteroatoms. The first-order valence-corrected chi connectivity index (χ1v) is 11.7. The molecule has 1 aromatic carbocycles. The Morgan fingerprint density at radius 3 is 2.65 bits per heavy atom. The van der Waals surface area contributed by atoms with Gasteiger partial charge in [0.05, 0.1) is 16.9 Å². The standard InChI is InChI=1S/C24H22N4O4S2/c1-15-7-6-11-27-20(15)25-21(26(2)14-16-8-4-3-5-9-16)17(22(27)31)13-18-23(32)28(24(33)34-18)12-10-19(29)30/h3-9,11,13H,10,12,14H2,1-2H3,(H,29,30)/b18-13-. The number of anilines is 1. The Kier molecular flexibility index (Phi) is 6.80.